The van der Waals surface area contributed by atoms with Crippen molar-refractivity contribution in [1.82, 2.24) is 20.0 Å². The van der Waals surface area contributed by atoms with Crippen LogP contribution in [-0.4, -0.2) is 46.9 Å². The second-order valence-electron chi connectivity index (χ2n) is 6.63. The summed E-state index contributed by atoms with van der Waals surface area (Å²) in [5.41, 5.74) is 2.48. The predicted molar refractivity (Wildman–Crippen MR) is 105 cm³/mol. The van der Waals surface area contributed by atoms with E-state index in [1.54, 1.807) is 0 Å². The lowest BCUT2D eigenvalue weighted by molar-refractivity contribution is 0.340. The van der Waals surface area contributed by atoms with Crippen molar-refractivity contribution in [3.63, 3.8) is 0 Å². The minimum absolute atomic E-state index is 0.522. The molecule has 0 bridgehead atoms. The summed E-state index contributed by atoms with van der Waals surface area (Å²) in [4.78, 5) is 7.21. The minimum Gasteiger partial charge on any atom is -0.494 e. The van der Waals surface area contributed by atoms with Crippen LogP contribution in [0, 0.1) is 0 Å². The summed E-state index contributed by atoms with van der Waals surface area (Å²) >= 11 is 0. The fourth-order valence-corrected chi connectivity index (χ4v) is 3.37. The maximum Gasteiger partial charge on any atom is 0.194 e. The van der Waals surface area contributed by atoms with Crippen molar-refractivity contribution in [2.45, 2.75) is 32.7 Å². The molecule has 26 heavy (non-hydrogen) atoms. The van der Waals surface area contributed by atoms with E-state index in [4.69, 9.17) is 9.73 Å². The molecule has 0 amide bonds. The number of ether oxygens (including phenoxy) is 1. The lowest BCUT2D eigenvalue weighted by Crippen LogP contribution is -2.40. The topological polar surface area (TPSA) is 54.7 Å². The van der Waals surface area contributed by atoms with Gasteiger partial charge in [0.15, 0.2) is 5.96 Å². The van der Waals surface area contributed by atoms with E-state index in [-0.39, 0.29) is 0 Å². The highest BCUT2D eigenvalue weighted by Gasteiger charge is 2.26. The van der Waals surface area contributed by atoms with Gasteiger partial charge in [-0.3, -0.25) is 4.68 Å². The van der Waals surface area contributed by atoms with Gasteiger partial charge in [-0.25, -0.2) is 4.99 Å². The number of benzene rings is 1. The first-order chi connectivity index (χ1) is 12.7. The third-order valence-corrected chi connectivity index (χ3v) is 4.64. The molecule has 6 heteroatoms. The Morgan fingerprint density at radius 1 is 1.38 bits per heavy atom. The summed E-state index contributed by atoms with van der Waals surface area (Å²) in [6.07, 6.45) is 5.24. The Hall–Kier alpha value is -2.50. The van der Waals surface area contributed by atoms with Gasteiger partial charge in [0.2, 0.25) is 0 Å². The predicted octanol–water partition coefficient (Wildman–Crippen LogP) is 2.77. The summed E-state index contributed by atoms with van der Waals surface area (Å²) in [6.45, 7) is 8.31. The number of aliphatic imine (C=N–C) groups is 1. The van der Waals surface area contributed by atoms with E-state index < -0.39 is 0 Å². The van der Waals surface area contributed by atoms with E-state index in [9.17, 15) is 0 Å². The van der Waals surface area contributed by atoms with Crippen molar-refractivity contribution in [2.75, 3.05) is 26.2 Å². The van der Waals surface area contributed by atoms with Crippen molar-refractivity contribution in [3.05, 3.63) is 47.8 Å². The fourth-order valence-electron chi connectivity index (χ4n) is 3.37. The number of guanidine groups is 1. The molecule has 2 heterocycles. The second-order valence-corrected chi connectivity index (χ2v) is 6.63. The van der Waals surface area contributed by atoms with Gasteiger partial charge in [-0.05, 0) is 43.5 Å². The van der Waals surface area contributed by atoms with Gasteiger partial charge in [0, 0.05) is 38.8 Å². The number of rotatable bonds is 6. The zero-order valence-corrected chi connectivity index (χ0v) is 16.0. The number of nitrogens with zero attached hydrogens (tertiary/aromatic N) is 4. The Morgan fingerprint density at radius 2 is 2.27 bits per heavy atom. The molecule has 0 saturated carbocycles. The maximum absolute atomic E-state index is 5.58. The van der Waals surface area contributed by atoms with E-state index in [0.717, 1.165) is 43.3 Å². The molecule has 2 aromatic rings. The quantitative estimate of drug-likeness (QED) is 0.639. The van der Waals surface area contributed by atoms with Gasteiger partial charge >= 0.3 is 0 Å². The summed E-state index contributed by atoms with van der Waals surface area (Å²) in [6, 6.07) is 8.18. The molecular formula is C20H29N5O. The molecule has 1 atom stereocenters. The third kappa shape index (κ3) is 4.56. The molecule has 1 fully saturated rings. The van der Waals surface area contributed by atoms with Gasteiger partial charge in [0.05, 0.1) is 19.3 Å². The summed E-state index contributed by atoms with van der Waals surface area (Å²) in [5, 5.41) is 7.74. The molecule has 140 valence electrons. The first-order valence-electron chi connectivity index (χ1n) is 9.43. The first kappa shape index (κ1) is 18.3. The molecule has 1 aliphatic heterocycles. The Morgan fingerprint density at radius 3 is 3.00 bits per heavy atom. The Labute approximate surface area is 155 Å². The molecule has 3 rings (SSSR count). The van der Waals surface area contributed by atoms with Gasteiger partial charge in [-0.2, -0.15) is 5.10 Å². The smallest absolute Gasteiger partial charge is 0.194 e. The maximum atomic E-state index is 5.58. The lowest BCUT2D eigenvalue weighted by Gasteiger charge is -2.21. The SMILES string of the molecule is CCNC(=NCc1cccc(OCC)c1)N1CCC(c2cnn(C)c2)C1. The highest BCUT2D eigenvalue weighted by atomic mass is 16.5. The van der Waals surface area contributed by atoms with Crippen molar-refractivity contribution in [3.8, 4) is 5.75 Å². The average molecular weight is 355 g/mol. The Balaban J connectivity index is 1.66. The molecule has 1 aromatic carbocycles. The van der Waals surface area contributed by atoms with Gasteiger partial charge in [-0.1, -0.05) is 12.1 Å². The molecular weight excluding hydrogens is 326 g/mol. The van der Waals surface area contributed by atoms with Gasteiger partial charge in [0.25, 0.3) is 0 Å². The number of hydrogen-bond donors (Lipinski definition) is 1. The second kappa shape index (κ2) is 8.74. The Bertz CT molecular complexity index is 739. The van der Waals surface area contributed by atoms with Crippen LogP contribution < -0.4 is 10.1 Å². The van der Waals surface area contributed by atoms with E-state index >= 15 is 0 Å². The molecule has 1 unspecified atom stereocenters. The highest BCUT2D eigenvalue weighted by molar-refractivity contribution is 5.80. The third-order valence-electron chi connectivity index (χ3n) is 4.64. The molecule has 6 nitrogen and oxygen atoms in total. The van der Waals surface area contributed by atoms with Crippen LogP contribution in [0.1, 0.15) is 37.3 Å². The van der Waals surface area contributed by atoms with Crippen LogP contribution in [0.5, 0.6) is 5.75 Å². The van der Waals surface area contributed by atoms with Crippen LogP contribution in [0.4, 0.5) is 0 Å². The lowest BCUT2D eigenvalue weighted by atomic mass is 10.0. The van der Waals surface area contributed by atoms with E-state index in [1.807, 2.05) is 37.0 Å². The number of aromatic nitrogens is 2. The molecule has 1 aromatic heterocycles. The first-order valence-corrected chi connectivity index (χ1v) is 9.43. The minimum atomic E-state index is 0.522. The molecule has 1 aliphatic rings. The number of likely N-dealkylation sites (tertiary alicyclic amines) is 1. The largest absolute Gasteiger partial charge is 0.494 e. The molecule has 0 aliphatic carbocycles. The van der Waals surface area contributed by atoms with Crippen molar-refractivity contribution >= 4 is 5.96 Å². The zero-order chi connectivity index (χ0) is 18.4. The number of nitrogens with one attached hydrogen (secondary N) is 1. The van der Waals surface area contributed by atoms with Gasteiger partial charge < -0.3 is 15.0 Å². The van der Waals surface area contributed by atoms with Crippen LogP contribution >= 0.6 is 0 Å². The van der Waals surface area contributed by atoms with Crippen molar-refractivity contribution < 1.29 is 4.74 Å². The molecule has 0 radical (unpaired) electrons. The van der Waals surface area contributed by atoms with Crippen LogP contribution in [0.3, 0.4) is 0 Å². The number of hydrogen-bond acceptors (Lipinski definition) is 3. The molecule has 1 saturated heterocycles. The summed E-state index contributed by atoms with van der Waals surface area (Å²) < 4.78 is 7.46. The standard InChI is InChI=1S/C20H29N5O/c1-4-21-20(22-12-16-7-6-8-19(11-16)26-5-2)25-10-9-17(15-25)18-13-23-24(3)14-18/h6-8,11,13-14,17H,4-5,9-10,12,15H2,1-3H3,(H,21,22). The Kier molecular flexibility index (Phi) is 6.15. The van der Waals surface area contributed by atoms with Crippen molar-refractivity contribution in [2.24, 2.45) is 12.0 Å². The molecule has 1 N–H and O–H groups in total. The fraction of sp³-hybridized carbons (Fsp3) is 0.500. The highest BCUT2D eigenvalue weighted by Crippen LogP contribution is 2.26. The van der Waals surface area contributed by atoms with Gasteiger partial charge in [0.1, 0.15) is 5.75 Å². The van der Waals surface area contributed by atoms with E-state index in [0.29, 0.717) is 19.1 Å². The van der Waals surface area contributed by atoms with Crippen LogP contribution in [0.2, 0.25) is 0 Å². The summed E-state index contributed by atoms with van der Waals surface area (Å²) in [7, 11) is 1.97. The monoisotopic (exact) mass is 355 g/mol. The summed E-state index contributed by atoms with van der Waals surface area (Å²) in [5.74, 6) is 2.41. The van der Waals surface area contributed by atoms with Crippen molar-refractivity contribution in [1.29, 1.82) is 0 Å². The van der Waals surface area contributed by atoms with Crippen LogP contribution in [0.15, 0.2) is 41.7 Å². The van der Waals surface area contributed by atoms with Gasteiger partial charge in [-0.15, -0.1) is 0 Å². The molecule has 0 spiro atoms. The van der Waals surface area contributed by atoms with E-state index in [1.165, 1.54) is 5.56 Å². The zero-order valence-electron chi connectivity index (χ0n) is 16.0. The number of aryl methyl sites for hydroxylation is 1. The normalized spacial score (nSPS) is 17.6. The van der Waals surface area contributed by atoms with Crippen LogP contribution in [0.25, 0.3) is 0 Å². The van der Waals surface area contributed by atoms with Crippen LogP contribution in [-0.2, 0) is 13.6 Å². The van der Waals surface area contributed by atoms with E-state index in [2.05, 4.69) is 40.6 Å². The average Bonchev–Trinajstić information content (AvgIpc) is 3.28.